The van der Waals surface area contributed by atoms with Gasteiger partial charge in [-0.2, -0.15) is 5.10 Å². The number of ether oxygens (including phenoxy) is 1. The molecule has 0 bridgehead atoms. The van der Waals surface area contributed by atoms with Gasteiger partial charge in [-0.15, -0.1) is 0 Å². The Hall–Kier alpha value is -2.12. The molecule has 1 amide bonds. The first-order valence-corrected chi connectivity index (χ1v) is 10.3. The summed E-state index contributed by atoms with van der Waals surface area (Å²) in [4.78, 5) is 17.8. The Morgan fingerprint density at radius 3 is 2.68 bits per heavy atom. The van der Waals surface area contributed by atoms with E-state index in [0.29, 0.717) is 17.7 Å². The second-order valence-corrected chi connectivity index (χ2v) is 7.13. The summed E-state index contributed by atoms with van der Waals surface area (Å²) in [5, 5.41) is 8.69. The van der Waals surface area contributed by atoms with Crippen LogP contribution in [0.25, 0.3) is 0 Å². The highest BCUT2D eigenvalue weighted by Gasteiger charge is 2.29. The van der Waals surface area contributed by atoms with Crippen molar-refractivity contribution in [3.63, 3.8) is 0 Å². The van der Waals surface area contributed by atoms with Crippen LogP contribution >= 0.6 is 11.6 Å². The van der Waals surface area contributed by atoms with E-state index in [1.807, 2.05) is 24.8 Å². The molecule has 2 aromatic rings. The fourth-order valence-electron chi connectivity index (χ4n) is 3.63. The zero-order valence-electron chi connectivity index (χ0n) is 16.7. The molecule has 152 valence electrons. The van der Waals surface area contributed by atoms with Crippen molar-refractivity contribution in [3.05, 3.63) is 34.7 Å². The van der Waals surface area contributed by atoms with Crippen LogP contribution < -0.4 is 5.32 Å². The molecular formula is C20H28ClN5O2. The van der Waals surface area contributed by atoms with E-state index in [1.54, 1.807) is 19.2 Å². The molecule has 4 rings (SSSR count). The summed E-state index contributed by atoms with van der Waals surface area (Å²) in [5.41, 5.74) is 3.14. The molecule has 0 radical (unpaired) electrons. The summed E-state index contributed by atoms with van der Waals surface area (Å²) in [6, 6.07) is 3.97. The minimum atomic E-state index is 0.0913. The lowest BCUT2D eigenvalue weighted by Gasteiger charge is -2.29. The molecule has 0 saturated carbocycles. The molecule has 0 unspecified atom stereocenters. The predicted octanol–water partition coefficient (Wildman–Crippen LogP) is 3.96. The summed E-state index contributed by atoms with van der Waals surface area (Å²) >= 11 is 5.88. The molecule has 1 fully saturated rings. The highest BCUT2D eigenvalue weighted by atomic mass is 35.5. The number of anilines is 2. The molecule has 0 aliphatic carbocycles. The van der Waals surface area contributed by atoms with Crippen LogP contribution in [-0.4, -0.2) is 45.3 Å². The molecule has 1 saturated heterocycles. The molecule has 8 heteroatoms. The fraction of sp³-hybridized carbons (Fsp3) is 0.550. The summed E-state index contributed by atoms with van der Waals surface area (Å²) in [7, 11) is 0. The van der Waals surface area contributed by atoms with Gasteiger partial charge in [0.1, 0.15) is 5.15 Å². The zero-order valence-corrected chi connectivity index (χ0v) is 17.5. The van der Waals surface area contributed by atoms with Crippen molar-refractivity contribution in [2.75, 3.05) is 25.1 Å². The van der Waals surface area contributed by atoms with Gasteiger partial charge in [0.15, 0.2) is 5.82 Å². The standard InChI is InChI=1S/C18H22ClN5O2.C2H6/c1-12(25)23-7-4-16-15(11-23)18(21-13-2-3-17(19)20-10-13)22-24(16)14-5-8-26-9-6-14;1-2/h2-3,10,14H,4-9,11H2,1H3,(H,21,22);1-2H3. The number of carbonyl (C=O) groups excluding carboxylic acids is 1. The van der Waals surface area contributed by atoms with Crippen molar-refractivity contribution in [1.82, 2.24) is 19.7 Å². The van der Waals surface area contributed by atoms with Crippen LogP contribution in [0.2, 0.25) is 5.15 Å². The number of rotatable bonds is 3. The van der Waals surface area contributed by atoms with E-state index in [1.165, 1.54) is 5.69 Å². The van der Waals surface area contributed by atoms with Crippen LogP contribution in [0.3, 0.4) is 0 Å². The molecule has 7 nitrogen and oxygen atoms in total. The molecule has 4 heterocycles. The number of nitrogens with one attached hydrogen (secondary N) is 1. The third-order valence-electron chi connectivity index (χ3n) is 5.06. The third-order valence-corrected chi connectivity index (χ3v) is 5.28. The van der Waals surface area contributed by atoms with Crippen molar-refractivity contribution in [3.8, 4) is 0 Å². The first-order valence-electron chi connectivity index (χ1n) is 9.94. The van der Waals surface area contributed by atoms with Crippen molar-refractivity contribution in [2.45, 2.75) is 52.6 Å². The lowest BCUT2D eigenvalue weighted by atomic mass is 10.0. The maximum Gasteiger partial charge on any atom is 0.219 e. The normalized spacial score (nSPS) is 16.8. The first kappa shape index (κ1) is 20.6. The highest BCUT2D eigenvalue weighted by molar-refractivity contribution is 6.29. The number of hydrogen-bond acceptors (Lipinski definition) is 5. The van der Waals surface area contributed by atoms with E-state index in [0.717, 1.165) is 56.1 Å². The maximum absolute atomic E-state index is 11.9. The molecule has 2 aliphatic heterocycles. The average molecular weight is 406 g/mol. The lowest BCUT2D eigenvalue weighted by Crippen LogP contribution is -2.35. The van der Waals surface area contributed by atoms with Gasteiger partial charge in [0, 0.05) is 44.4 Å². The molecule has 0 spiro atoms. The number of nitrogens with zero attached hydrogens (tertiary/aromatic N) is 4. The van der Waals surface area contributed by atoms with Crippen LogP contribution in [0, 0.1) is 0 Å². The zero-order chi connectivity index (χ0) is 20.1. The molecule has 1 N–H and O–H groups in total. The van der Waals surface area contributed by atoms with Gasteiger partial charge in [0.05, 0.1) is 24.5 Å². The van der Waals surface area contributed by atoms with Crippen LogP contribution in [0.15, 0.2) is 18.3 Å². The fourth-order valence-corrected chi connectivity index (χ4v) is 3.74. The number of aromatic nitrogens is 3. The van der Waals surface area contributed by atoms with E-state index in [-0.39, 0.29) is 5.91 Å². The lowest BCUT2D eigenvalue weighted by molar-refractivity contribution is -0.129. The van der Waals surface area contributed by atoms with Gasteiger partial charge >= 0.3 is 0 Å². The quantitative estimate of drug-likeness (QED) is 0.782. The van der Waals surface area contributed by atoms with Crippen molar-refractivity contribution in [1.29, 1.82) is 0 Å². The molecule has 28 heavy (non-hydrogen) atoms. The number of hydrogen-bond donors (Lipinski definition) is 1. The number of carbonyl (C=O) groups is 1. The van der Waals surface area contributed by atoms with Crippen LogP contribution in [-0.2, 0) is 22.5 Å². The van der Waals surface area contributed by atoms with Crippen LogP contribution in [0.5, 0.6) is 0 Å². The summed E-state index contributed by atoms with van der Waals surface area (Å²) in [5.74, 6) is 0.884. The summed E-state index contributed by atoms with van der Waals surface area (Å²) in [6.07, 6.45) is 4.44. The van der Waals surface area contributed by atoms with Gasteiger partial charge in [-0.3, -0.25) is 9.48 Å². The second kappa shape index (κ2) is 9.39. The summed E-state index contributed by atoms with van der Waals surface area (Å²) < 4.78 is 7.65. The molecule has 0 aromatic carbocycles. The van der Waals surface area contributed by atoms with Crippen LogP contribution in [0.4, 0.5) is 11.5 Å². The van der Waals surface area contributed by atoms with E-state index in [9.17, 15) is 4.79 Å². The van der Waals surface area contributed by atoms with Gasteiger partial charge in [0.25, 0.3) is 0 Å². The number of halogens is 1. The minimum Gasteiger partial charge on any atom is -0.381 e. The Morgan fingerprint density at radius 2 is 2.04 bits per heavy atom. The van der Waals surface area contributed by atoms with Crippen LogP contribution in [0.1, 0.15) is 50.9 Å². The molecule has 0 atom stereocenters. The predicted molar refractivity (Wildman–Crippen MR) is 110 cm³/mol. The SMILES string of the molecule is CC.CC(=O)N1CCc2c(c(Nc3ccc(Cl)nc3)nn2C2CCOCC2)C1. The highest BCUT2D eigenvalue weighted by Crippen LogP contribution is 2.33. The van der Waals surface area contributed by atoms with Gasteiger partial charge in [-0.25, -0.2) is 4.98 Å². The first-order chi connectivity index (χ1) is 13.6. The topological polar surface area (TPSA) is 72.3 Å². The van der Waals surface area contributed by atoms with E-state index >= 15 is 0 Å². The minimum absolute atomic E-state index is 0.0913. The Kier molecular flexibility index (Phi) is 6.91. The van der Waals surface area contributed by atoms with Gasteiger partial charge in [-0.05, 0) is 25.0 Å². The van der Waals surface area contributed by atoms with Gasteiger partial charge in [-0.1, -0.05) is 25.4 Å². The van der Waals surface area contributed by atoms with Crippen molar-refractivity contribution in [2.24, 2.45) is 0 Å². The molecule has 2 aromatic heterocycles. The van der Waals surface area contributed by atoms with E-state index in [4.69, 9.17) is 21.4 Å². The smallest absolute Gasteiger partial charge is 0.219 e. The van der Waals surface area contributed by atoms with E-state index in [2.05, 4.69) is 15.0 Å². The largest absolute Gasteiger partial charge is 0.381 e. The van der Waals surface area contributed by atoms with Gasteiger partial charge in [0.2, 0.25) is 5.91 Å². The summed E-state index contributed by atoms with van der Waals surface area (Å²) in [6.45, 7) is 8.46. The number of pyridine rings is 1. The van der Waals surface area contributed by atoms with Crippen molar-refractivity contribution < 1.29 is 9.53 Å². The van der Waals surface area contributed by atoms with Gasteiger partial charge < -0.3 is 15.0 Å². The third kappa shape index (κ3) is 4.47. The number of fused-ring (bicyclic) bond motifs is 1. The Bertz CT molecular complexity index is 800. The molecular weight excluding hydrogens is 378 g/mol. The Morgan fingerprint density at radius 1 is 1.29 bits per heavy atom. The second-order valence-electron chi connectivity index (χ2n) is 6.75. The average Bonchev–Trinajstić information content (AvgIpc) is 3.09. The maximum atomic E-state index is 11.9. The molecule has 2 aliphatic rings. The monoisotopic (exact) mass is 405 g/mol. The Labute approximate surface area is 171 Å². The Balaban J connectivity index is 0.00000109. The van der Waals surface area contributed by atoms with E-state index < -0.39 is 0 Å². The van der Waals surface area contributed by atoms with Crippen molar-refractivity contribution >= 4 is 29.0 Å². The number of amides is 1.